The quantitative estimate of drug-likeness (QED) is 0.858. The summed E-state index contributed by atoms with van der Waals surface area (Å²) in [7, 11) is 3.48. The van der Waals surface area contributed by atoms with Gasteiger partial charge >= 0.3 is 6.03 Å². The van der Waals surface area contributed by atoms with Crippen molar-refractivity contribution in [1.82, 2.24) is 19.4 Å². The van der Waals surface area contributed by atoms with Gasteiger partial charge < -0.3 is 24.4 Å². The number of nitrogens with one attached hydrogen (secondary N) is 1. The first-order valence-corrected chi connectivity index (χ1v) is 8.35. The number of carbonyl (C=O) groups is 1. The van der Waals surface area contributed by atoms with E-state index < -0.39 is 0 Å². The largest absolute Gasteiger partial charge is 0.373 e. The number of rotatable bonds is 4. The van der Waals surface area contributed by atoms with Gasteiger partial charge in [-0.3, -0.25) is 9.78 Å². The second kappa shape index (κ2) is 7.96. The molecule has 2 aromatic rings. The Balaban J connectivity index is 1.60. The highest BCUT2D eigenvalue weighted by Gasteiger charge is 2.26. The molecular weight excluding hydrogens is 336 g/mol. The first-order chi connectivity index (χ1) is 12.5. The van der Waals surface area contributed by atoms with Gasteiger partial charge in [-0.05, 0) is 12.1 Å². The first-order valence-electron chi connectivity index (χ1n) is 8.35. The van der Waals surface area contributed by atoms with Crippen LogP contribution in [0.25, 0.3) is 0 Å². The molecular formula is C17H22N6O3. The van der Waals surface area contributed by atoms with Gasteiger partial charge in [-0.1, -0.05) is 0 Å². The van der Waals surface area contributed by atoms with Crippen molar-refractivity contribution in [2.24, 2.45) is 7.05 Å². The van der Waals surface area contributed by atoms with E-state index in [1.807, 2.05) is 0 Å². The molecule has 3 heterocycles. The molecule has 0 aliphatic carbocycles. The lowest BCUT2D eigenvalue weighted by Crippen LogP contribution is -2.51. The first kappa shape index (κ1) is 17.9. The Hall–Kier alpha value is -2.94. The molecule has 138 valence electrons. The van der Waals surface area contributed by atoms with E-state index in [2.05, 4.69) is 15.3 Å². The number of amides is 2. The van der Waals surface area contributed by atoms with Gasteiger partial charge in [-0.15, -0.1) is 0 Å². The minimum absolute atomic E-state index is 0.168. The number of urea groups is 1. The highest BCUT2D eigenvalue weighted by atomic mass is 16.5. The van der Waals surface area contributed by atoms with E-state index in [9.17, 15) is 9.59 Å². The number of ether oxygens (including phenoxy) is 1. The lowest BCUT2D eigenvalue weighted by Gasteiger charge is -2.34. The summed E-state index contributed by atoms with van der Waals surface area (Å²) in [6.07, 6.45) is 6.24. The van der Waals surface area contributed by atoms with Crippen LogP contribution in [0.4, 0.5) is 16.3 Å². The molecule has 1 saturated heterocycles. The van der Waals surface area contributed by atoms with Crippen molar-refractivity contribution in [3.8, 4) is 0 Å². The van der Waals surface area contributed by atoms with Crippen molar-refractivity contribution < 1.29 is 9.53 Å². The van der Waals surface area contributed by atoms with Crippen molar-refractivity contribution in [3.63, 3.8) is 0 Å². The number of morpholine rings is 1. The summed E-state index contributed by atoms with van der Waals surface area (Å²) >= 11 is 0. The number of pyridine rings is 1. The van der Waals surface area contributed by atoms with Crippen molar-refractivity contribution >= 4 is 17.5 Å². The number of aromatic nitrogens is 3. The number of hydrogen-bond donors (Lipinski definition) is 1. The lowest BCUT2D eigenvalue weighted by atomic mass is 10.2. The van der Waals surface area contributed by atoms with Crippen molar-refractivity contribution in [1.29, 1.82) is 0 Å². The second-order valence-electron chi connectivity index (χ2n) is 6.15. The Kier molecular flexibility index (Phi) is 5.47. The normalized spacial score (nSPS) is 17.0. The average molecular weight is 358 g/mol. The van der Waals surface area contributed by atoms with Gasteiger partial charge in [0.25, 0.3) is 5.56 Å². The smallest absolute Gasteiger partial charge is 0.322 e. The summed E-state index contributed by atoms with van der Waals surface area (Å²) in [5.74, 6) is 0.358. The number of nitrogens with zero attached hydrogens (tertiary/aromatic N) is 5. The molecule has 1 aliphatic heterocycles. The molecule has 1 atom stereocenters. The van der Waals surface area contributed by atoms with E-state index >= 15 is 0 Å². The molecule has 1 aliphatic rings. The number of likely N-dealkylation sites (N-methyl/N-ethyl adjacent to an activating group) is 1. The molecule has 0 radical (unpaired) electrons. The zero-order valence-corrected chi connectivity index (χ0v) is 14.8. The predicted octanol–water partition coefficient (Wildman–Crippen LogP) is 0.544. The maximum atomic E-state index is 12.4. The molecule has 0 saturated carbocycles. The van der Waals surface area contributed by atoms with Crippen LogP contribution in [0, 0.1) is 0 Å². The minimum atomic E-state index is -0.205. The van der Waals surface area contributed by atoms with E-state index in [4.69, 9.17) is 4.74 Å². The Bertz CT molecular complexity index is 810. The van der Waals surface area contributed by atoms with E-state index in [0.717, 1.165) is 0 Å². The van der Waals surface area contributed by atoms with Crippen LogP contribution < -0.4 is 15.8 Å². The SMILES string of the molecule is CN(CC1CN(C(=O)Nc2ccncc2)CCO1)c1nccn(C)c1=O. The zero-order valence-electron chi connectivity index (χ0n) is 14.8. The van der Waals surface area contributed by atoms with Crippen molar-refractivity contribution in [2.45, 2.75) is 6.10 Å². The molecule has 1 fully saturated rings. The Morgan fingerprint density at radius 1 is 1.38 bits per heavy atom. The Morgan fingerprint density at radius 3 is 2.92 bits per heavy atom. The fourth-order valence-corrected chi connectivity index (χ4v) is 2.79. The van der Waals surface area contributed by atoms with Crippen molar-refractivity contribution in [3.05, 3.63) is 47.3 Å². The Morgan fingerprint density at radius 2 is 2.15 bits per heavy atom. The van der Waals surface area contributed by atoms with Crippen LogP contribution in [0.2, 0.25) is 0 Å². The lowest BCUT2D eigenvalue weighted by molar-refractivity contribution is -0.00715. The number of aryl methyl sites for hydroxylation is 1. The van der Waals surface area contributed by atoms with Gasteiger partial charge in [-0.2, -0.15) is 0 Å². The second-order valence-corrected chi connectivity index (χ2v) is 6.15. The van der Waals surface area contributed by atoms with Crippen LogP contribution >= 0.6 is 0 Å². The van der Waals surface area contributed by atoms with Crippen LogP contribution in [0.5, 0.6) is 0 Å². The standard InChI is InChI=1S/C17H22N6O3/c1-21-8-7-19-15(16(21)24)22(2)11-14-12-23(9-10-26-14)17(25)20-13-3-5-18-6-4-13/h3-8,14H,9-12H2,1-2H3,(H,18,20,25). The van der Waals surface area contributed by atoms with Gasteiger partial charge in [0.05, 0.1) is 19.3 Å². The molecule has 26 heavy (non-hydrogen) atoms. The summed E-state index contributed by atoms with van der Waals surface area (Å²) in [6, 6.07) is 3.29. The monoisotopic (exact) mass is 358 g/mol. The third-order valence-corrected chi connectivity index (χ3v) is 4.20. The van der Waals surface area contributed by atoms with Gasteiger partial charge in [0.2, 0.25) is 0 Å². The van der Waals surface area contributed by atoms with Gasteiger partial charge in [-0.25, -0.2) is 9.78 Å². The minimum Gasteiger partial charge on any atom is -0.373 e. The Labute approximate surface area is 151 Å². The van der Waals surface area contributed by atoms with Crippen LogP contribution in [-0.4, -0.2) is 64.9 Å². The average Bonchev–Trinajstić information content (AvgIpc) is 2.65. The molecule has 0 bridgehead atoms. The van der Waals surface area contributed by atoms with Crippen LogP contribution in [0.1, 0.15) is 0 Å². The summed E-state index contributed by atoms with van der Waals surface area (Å²) in [5, 5.41) is 2.85. The van der Waals surface area contributed by atoms with Crippen molar-refractivity contribution in [2.75, 3.05) is 43.5 Å². The number of hydrogen-bond acceptors (Lipinski definition) is 6. The molecule has 1 unspecified atom stereocenters. The molecule has 0 aromatic carbocycles. The summed E-state index contributed by atoms with van der Waals surface area (Å²) in [5.41, 5.74) is 0.528. The van der Waals surface area contributed by atoms with Gasteiger partial charge in [0, 0.05) is 57.7 Å². The zero-order chi connectivity index (χ0) is 18.5. The van der Waals surface area contributed by atoms with E-state index in [-0.39, 0.29) is 17.7 Å². The van der Waals surface area contributed by atoms with Crippen LogP contribution in [0.15, 0.2) is 41.7 Å². The topological polar surface area (TPSA) is 92.6 Å². The molecule has 9 heteroatoms. The summed E-state index contributed by atoms with van der Waals surface area (Å²) in [6.45, 7) is 1.87. The molecule has 0 spiro atoms. The molecule has 9 nitrogen and oxygen atoms in total. The highest BCUT2D eigenvalue weighted by Crippen LogP contribution is 2.12. The summed E-state index contributed by atoms with van der Waals surface area (Å²) in [4.78, 5) is 36.1. The van der Waals surface area contributed by atoms with E-state index in [1.54, 1.807) is 60.8 Å². The predicted molar refractivity (Wildman–Crippen MR) is 97.3 cm³/mol. The fourth-order valence-electron chi connectivity index (χ4n) is 2.79. The third kappa shape index (κ3) is 4.17. The fraction of sp³-hybridized carbons (Fsp3) is 0.412. The number of carbonyl (C=O) groups excluding carboxylic acids is 1. The molecule has 3 rings (SSSR count). The maximum absolute atomic E-state index is 12.4. The molecule has 2 aromatic heterocycles. The van der Waals surface area contributed by atoms with E-state index in [0.29, 0.717) is 37.7 Å². The van der Waals surface area contributed by atoms with Crippen LogP contribution in [0.3, 0.4) is 0 Å². The van der Waals surface area contributed by atoms with Crippen LogP contribution in [-0.2, 0) is 11.8 Å². The number of anilines is 2. The summed E-state index contributed by atoms with van der Waals surface area (Å²) < 4.78 is 7.24. The highest BCUT2D eigenvalue weighted by molar-refractivity contribution is 5.89. The molecule has 2 amide bonds. The van der Waals surface area contributed by atoms with E-state index in [1.165, 1.54) is 4.57 Å². The third-order valence-electron chi connectivity index (χ3n) is 4.20. The molecule has 1 N–H and O–H groups in total. The van der Waals surface area contributed by atoms with Gasteiger partial charge in [0.1, 0.15) is 0 Å². The van der Waals surface area contributed by atoms with Gasteiger partial charge in [0.15, 0.2) is 5.82 Å². The maximum Gasteiger partial charge on any atom is 0.322 e.